The number of aromatic nitrogens is 2. The Kier molecular flexibility index (Phi) is 4.83. The number of ether oxygens (including phenoxy) is 2. The maximum absolute atomic E-state index is 12.8. The molecule has 0 spiro atoms. The number of hydrogen-bond donors (Lipinski definition) is 1. The molecule has 2 aromatic carbocycles. The van der Waals surface area contributed by atoms with Crippen molar-refractivity contribution in [1.29, 1.82) is 0 Å². The highest BCUT2D eigenvalue weighted by atomic mass is 16.5. The highest BCUT2D eigenvalue weighted by molar-refractivity contribution is 5.97. The Bertz CT molecular complexity index is 1040. The summed E-state index contributed by atoms with van der Waals surface area (Å²) in [6.45, 7) is 2.80. The molecule has 0 saturated carbocycles. The summed E-state index contributed by atoms with van der Waals surface area (Å²) in [5.41, 5.74) is 1.60. The molecule has 1 N–H and O–H groups in total. The predicted octanol–water partition coefficient (Wildman–Crippen LogP) is 2.99. The number of nitrogens with zero attached hydrogens (tertiary/aromatic N) is 2. The van der Waals surface area contributed by atoms with E-state index in [9.17, 15) is 9.59 Å². The van der Waals surface area contributed by atoms with E-state index in [0.29, 0.717) is 25.4 Å². The second kappa shape index (κ2) is 7.44. The molecule has 1 aliphatic heterocycles. The molecule has 1 fully saturated rings. The Morgan fingerprint density at radius 1 is 1.18 bits per heavy atom. The summed E-state index contributed by atoms with van der Waals surface area (Å²) >= 11 is 0. The molecular weight excluding hydrogens is 358 g/mol. The first-order valence-electron chi connectivity index (χ1n) is 9.10. The minimum Gasteiger partial charge on any atom is -0.497 e. The van der Waals surface area contributed by atoms with Crippen molar-refractivity contribution >= 4 is 22.5 Å². The van der Waals surface area contributed by atoms with Crippen LogP contribution in [0.25, 0.3) is 10.8 Å². The van der Waals surface area contributed by atoms with Crippen molar-refractivity contribution in [1.82, 2.24) is 15.1 Å². The lowest BCUT2D eigenvalue weighted by molar-refractivity contribution is -0.0229. The van der Waals surface area contributed by atoms with Crippen LogP contribution in [0.5, 0.6) is 5.75 Å². The molecule has 4 rings (SSSR count). The molecule has 0 unspecified atom stereocenters. The Balaban J connectivity index is 1.53. The van der Waals surface area contributed by atoms with Crippen LogP contribution in [0.3, 0.4) is 0 Å². The lowest BCUT2D eigenvalue weighted by atomic mass is 10.0. The second-order valence-corrected chi connectivity index (χ2v) is 6.81. The first-order chi connectivity index (χ1) is 13.5. The zero-order chi connectivity index (χ0) is 19.7. The number of methoxy groups -OCH3 is 1. The van der Waals surface area contributed by atoms with Gasteiger partial charge in [0.15, 0.2) is 5.78 Å². The standard InChI is InChI=1S/C21H21N3O4/c1-13(25)18-11-19(23-22-18)21(26)24-7-8-28-20(12-24)16-4-3-15-10-17(27-2)6-5-14(15)9-16/h3-6,9-11,20H,7-8,12H2,1-2H3,(H,22,23)/t20-/m1/s1. The van der Waals surface area contributed by atoms with Crippen LogP contribution in [-0.2, 0) is 4.74 Å². The predicted molar refractivity (Wildman–Crippen MR) is 104 cm³/mol. The monoisotopic (exact) mass is 379 g/mol. The van der Waals surface area contributed by atoms with Gasteiger partial charge in [0.1, 0.15) is 23.2 Å². The van der Waals surface area contributed by atoms with Crippen LogP contribution < -0.4 is 4.74 Å². The van der Waals surface area contributed by atoms with Crippen LogP contribution in [0.1, 0.15) is 39.6 Å². The van der Waals surface area contributed by atoms with Gasteiger partial charge in [0.25, 0.3) is 5.91 Å². The molecule has 7 heteroatoms. The van der Waals surface area contributed by atoms with Gasteiger partial charge >= 0.3 is 0 Å². The third kappa shape index (κ3) is 3.48. The lowest BCUT2D eigenvalue weighted by Gasteiger charge is -2.33. The topological polar surface area (TPSA) is 84.5 Å². The van der Waals surface area contributed by atoms with Crippen LogP contribution in [0, 0.1) is 0 Å². The number of aromatic amines is 1. The van der Waals surface area contributed by atoms with Gasteiger partial charge in [-0.25, -0.2) is 0 Å². The van der Waals surface area contributed by atoms with Crippen molar-refractivity contribution in [3.8, 4) is 5.75 Å². The average Bonchev–Trinajstić information content (AvgIpc) is 3.23. The minimum absolute atomic E-state index is 0.178. The van der Waals surface area contributed by atoms with E-state index in [-0.39, 0.29) is 23.5 Å². The summed E-state index contributed by atoms with van der Waals surface area (Å²) in [4.78, 5) is 25.9. The Labute approximate surface area is 162 Å². The van der Waals surface area contributed by atoms with E-state index >= 15 is 0 Å². The number of hydrogen-bond acceptors (Lipinski definition) is 5. The van der Waals surface area contributed by atoms with Gasteiger partial charge < -0.3 is 14.4 Å². The number of Topliss-reactive ketones (excluding diaryl/α,β-unsaturated/α-hetero) is 1. The van der Waals surface area contributed by atoms with Gasteiger partial charge in [0.05, 0.1) is 20.3 Å². The zero-order valence-electron chi connectivity index (χ0n) is 15.8. The molecule has 1 atom stereocenters. The van der Waals surface area contributed by atoms with Crippen LogP contribution in [0.2, 0.25) is 0 Å². The van der Waals surface area contributed by atoms with Gasteiger partial charge in [-0.05, 0) is 40.6 Å². The molecule has 1 amide bonds. The molecule has 0 bridgehead atoms. The van der Waals surface area contributed by atoms with Crippen molar-refractivity contribution in [3.05, 3.63) is 59.4 Å². The Morgan fingerprint density at radius 2 is 1.96 bits per heavy atom. The summed E-state index contributed by atoms with van der Waals surface area (Å²) in [7, 11) is 1.65. The summed E-state index contributed by atoms with van der Waals surface area (Å²) in [5, 5.41) is 8.72. The Morgan fingerprint density at radius 3 is 2.71 bits per heavy atom. The molecule has 2 heterocycles. The molecule has 0 aliphatic carbocycles. The largest absolute Gasteiger partial charge is 0.497 e. The highest BCUT2D eigenvalue weighted by Crippen LogP contribution is 2.28. The number of amides is 1. The summed E-state index contributed by atoms with van der Waals surface area (Å²) in [6, 6.07) is 13.6. The Hall–Kier alpha value is -3.19. The zero-order valence-corrected chi connectivity index (χ0v) is 15.8. The van der Waals surface area contributed by atoms with E-state index in [2.05, 4.69) is 16.3 Å². The maximum atomic E-state index is 12.8. The smallest absolute Gasteiger partial charge is 0.272 e. The van der Waals surface area contributed by atoms with Gasteiger partial charge in [-0.2, -0.15) is 5.10 Å². The molecule has 28 heavy (non-hydrogen) atoms. The molecule has 3 aromatic rings. The fourth-order valence-electron chi connectivity index (χ4n) is 3.39. The SMILES string of the molecule is COc1ccc2cc([C@H]3CN(C(=O)c4cc(C(C)=O)n[nH]4)CCO3)ccc2c1. The molecule has 144 valence electrons. The van der Waals surface area contributed by atoms with Crippen molar-refractivity contribution in [2.24, 2.45) is 0 Å². The van der Waals surface area contributed by atoms with Crippen LogP contribution in [-0.4, -0.2) is 53.6 Å². The van der Waals surface area contributed by atoms with E-state index in [1.165, 1.54) is 13.0 Å². The van der Waals surface area contributed by atoms with Crippen molar-refractivity contribution in [3.63, 3.8) is 0 Å². The van der Waals surface area contributed by atoms with E-state index in [1.807, 2.05) is 30.3 Å². The number of rotatable bonds is 4. The fourth-order valence-corrected chi connectivity index (χ4v) is 3.39. The van der Waals surface area contributed by atoms with Crippen LogP contribution >= 0.6 is 0 Å². The number of ketones is 1. The lowest BCUT2D eigenvalue weighted by Crippen LogP contribution is -2.42. The van der Waals surface area contributed by atoms with E-state index in [1.54, 1.807) is 12.0 Å². The third-order valence-electron chi connectivity index (χ3n) is 4.97. The highest BCUT2D eigenvalue weighted by Gasteiger charge is 2.27. The van der Waals surface area contributed by atoms with Gasteiger partial charge in [-0.3, -0.25) is 14.7 Å². The van der Waals surface area contributed by atoms with Gasteiger partial charge in [0, 0.05) is 13.5 Å². The van der Waals surface area contributed by atoms with E-state index < -0.39 is 0 Å². The van der Waals surface area contributed by atoms with Crippen molar-refractivity contribution in [2.75, 3.05) is 26.8 Å². The van der Waals surface area contributed by atoms with Crippen molar-refractivity contribution in [2.45, 2.75) is 13.0 Å². The summed E-state index contributed by atoms with van der Waals surface area (Å²) < 4.78 is 11.2. The molecule has 7 nitrogen and oxygen atoms in total. The summed E-state index contributed by atoms with van der Waals surface area (Å²) in [6.07, 6.45) is -0.209. The van der Waals surface area contributed by atoms with E-state index in [0.717, 1.165) is 22.1 Å². The number of benzene rings is 2. The normalized spacial score (nSPS) is 16.9. The number of nitrogens with one attached hydrogen (secondary N) is 1. The number of H-pyrrole nitrogens is 1. The van der Waals surface area contributed by atoms with Gasteiger partial charge in [-0.1, -0.05) is 18.2 Å². The molecule has 1 aliphatic rings. The number of carbonyl (C=O) groups excluding carboxylic acids is 2. The quantitative estimate of drug-likeness (QED) is 0.705. The maximum Gasteiger partial charge on any atom is 0.272 e. The molecule has 1 saturated heterocycles. The number of carbonyl (C=O) groups is 2. The second-order valence-electron chi connectivity index (χ2n) is 6.81. The fraction of sp³-hybridized carbons (Fsp3) is 0.286. The van der Waals surface area contributed by atoms with Gasteiger partial charge in [0.2, 0.25) is 0 Å². The number of fused-ring (bicyclic) bond motifs is 1. The molecular formula is C21H21N3O4. The van der Waals surface area contributed by atoms with Crippen molar-refractivity contribution < 1.29 is 19.1 Å². The first-order valence-corrected chi connectivity index (χ1v) is 9.10. The van der Waals surface area contributed by atoms with Crippen LogP contribution in [0.4, 0.5) is 0 Å². The number of morpholine rings is 1. The molecule has 1 aromatic heterocycles. The van der Waals surface area contributed by atoms with Gasteiger partial charge in [-0.15, -0.1) is 0 Å². The van der Waals surface area contributed by atoms with Crippen LogP contribution in [0.15, 0.2) is 42.5 Å². The minimum atomic E-state index is -0.209. The first kappa shape index (κ1) is 18.2. The molecule has 0 radical (unpaired) electrons. The third-order valence-corrected chi connectivity index (χ3v) is 4.97. The summed E-state index contributed by atoms with van der Waals surface area (Å²) in [5.74, 6) is 0.456. The average molecular weight is 379 g/mol. The van der Waals surface area contributed by atoms with E-state index in [4.69, 9.17) is 9.47 Å².